The number of benzene rings is 12. The quantitative estimate of drug-likeness (QED) is 0.114. The topological polar surface area (TPSA) is 13.0 Å². The number of rotatable bonds is 13. The molecule has 0 unspecified atom stereocenters. The number of hydrogen-bond donors (Lipinski definition) is 0. The Morgan fingerprint density at radius 3 is 0.683 bits per heavy atom. The molecule has 0 radical (unpaired) electrons. The predicted molar refractivity (Wildman–Crippen MR) is 346 cm³/mol. The molecule has 0 fully saturated rings. The van der Waals surface area contributed by atoms with E-state index in [1.165, 1.54) is 44.5 Å². The Balaban J connectivity index is 0.813. The minimum atomic E-state index is -0.154. The SMILES string of the molecule is CC1(C)c2ccccc2-c2ccc(N(c3ccccc3)c3ccc(N(c4ccccc4)c4ccc(N(c5ccc(-c6ccc(N(c7ccccc7)c7ccccc7)cc6)cc5)c5ccc6c(c5)C(C)(C)c5ccccc5-6)cc4)cc3)cc21. The second-order valence-electron chi connectivity index (χ2n) is 22.6. The lowest BCUT2D eigenvalue weighted by Gasteiger charge is -2.30. The Hall–Kier alpha value is -10.2. The maximum absolute atomic E-state index is 2.42. The van der Waals surface area contributed by atoms with Gasteiger partial charge in [-0.3, -0.25) is 0 Å². The Morgan fingerprint density at radius 2 is 0.390 bits per heavy atom. The van der Waals surface area contributed by atoms with E-state index in [-0.39, 0.29) is 10.8 Å². The summed E-state index contributed by atoms with van der Waals surface area (Å²) in [4.78, 5) is 9.45. The summed E-state index contributed by atoms with van der Waals surface area (Å²) in [5.74, 6) is 0. The highest BCUT2D eigenvalue weighted by Crippen LogP contribution is 2.53. The van der Waals surface area contributed by atoms with E-state index >= 15 is 0 Å². The predicted octanol–water partition coefficient (Wildman–Crippen LogP) is 21.8. The van der Waals surface area contributed by atoms with Crippen LogP contribution >= 0.6 is 0 Å². The van der Waals surface area contributed by atoms with Crippen molar-refractivity contribution in [2.45, 2.75) is 38.5 Å². The molecule has 0 amide bonds. The van der Waals surface area contributed by atoms with Crippen LogP contribution in [0.1, 0.15) is 49.9 Å². The van der Waals surface area contributed by atoms with Crippen molar-refractivity contribution in [2.75, 3.05) is 19.6 Å². The van der Waals surface area contributed by atoms with Crippen molar-refractivity contribution in [3.8, 4) is 33.4 Å². The second kappa shape index (κ2) is 20.5. The molecular formula is C78H62N4. The molecule has 82 heavy (non-hydrogen) atoms. The van der Waals surface area contributed by atoms with Gasteiger partial charge in [0, 0.05) is 79.1 Å². The maximum Gasteiger partial charge on any atom is 0.0465 e. The largest absolute Gasteiger partial charge is 0.311 e. The van der Waals surface area contributed by atoms with Crippen molar-refractivity contribution in [3.63, 3.8) is 0 Å². The first-order chi connectivity index (χ1) is 40.2. The smallest absolute Gasteiger partial charge is 0.0465 e. The highest BCUT2D eigenvalue weighted by atomic mass is 15.2. The van der Waals surface area contributed by atoms with E-state index in [9.17, 15) is 0 Å². The van der Waals surface area contributed by atoms with Crippen LogP contribution in [-0.4, -0.2) is 0 Å². The van der Waals surface area contributed by atoms with Crippen molar-refractivity contribution >= 4 is 68.2 Å². The zero-order valence-corrected chi connectivity index (χ0v) is 46.7. The van der Waals surface area contributed by atoms with Gasteiger partial charge in [-0.05, 0) is 201 Å². The lowest BCUT2D eigenvalue weighted by atomic mass is 9.82. The molecular weight excluding hydrogens is 993 g/mol. The molecule has 14 rings (SSSR count). The first-order valence-electron chi connectivity index (χ1n) is 28.5. The molecule has 0 aliphatic heterocycles. The van der Waals surface area contributed by atoms with Crippen molar-refractivity contribution in [1.29, 1.82) is 0 Å². The minimum absolute atomic E-state index is 0.115. The first-order valence-corrected chi connectivity index (χ1v) is 28.5. The summed E-state index contributed by atoms with van der Waals surface area (Å²) in [6.07, 6.45) is 0. The van der Waals surface area contributed by atoms with Crippen molar-refractivity contribution in [3.05, 3.63) is 326 Å². The number of nitrogens with zero attached hydrogens (tertiary/aromatic N) is 4. The molecule has 0 atom stereocenters. The molecule has 2 aliphatic rings. The van der Waals surface area contributed by atoms with Crippen LogP contribution < -0.4 is 19.6 Å². The lowest BCUT2D eigenvalue weighted by Crippen LogP contribution is -2.17. The highest BCUT2D eigenvalue weighted by Gasteiger charge is 2.37. The van der Waals surface area contributed by atoms with Crippen LogP contribution in [0.4, 0.5) is 68.2 Å². The van der Waals surface area contributed by atoms with E-state index in [1.54, 1.807) is 0 Å². The maximum atomic E-state index is 2.42. The van der Waals surface area contributed by atoms with E-state index in [4.69, 9.17) is 0 Å². The van der Waals surface area contributed by atoms with Crippen LogP contribution in [0.2, 0.25) is 0 Å². The molecule has 4 heteroatoms. The van der Waals surface area contributed by atoms with Crippen LogP contribution in [0.15, 0.2) is 303 Å². The van der Waals surface area contributed by atoms with Gasteiger partial charge in [0.2, 0.25) is 0 Å². The molecule has 0 saturated heterocycles. The number of anilines is 12. The van der Waals surface area contributed by atoms with Gasteiger partial charge in [0.25, 0.3) is 0 Å². The molecule has 0 spiro atoms. The van der Waals surface area contributed by atoms with Gasteiger partial charge in [0.15, 0.2) is 0 Å². The third kappa shape index (κ3) is 8.81. The molecule has 0 saturated carbocycles. The van der Waals surface area contributed by atoms with Crippen molar-refractivity contribution in [1.82, 2.24) is 0 Å². The van der Waals surface area contributed by atoms with E-state index in [2.05, 4.69) is 351 Å². The van der Waals surface area contributed by atoms with Crippen molar-refractivity contribution in [2.24, 2.45) is 0 Å². The Morgan fingerprint density at radius 1 is 0.183 bits per heavy atom. The molecule has 0 aromatic heterocycles. The average molecular weight is 1060 g/mol. The highest BCUT2D eigenvalue weighted by molar-refractivity contribution is 5.89. The van der Waals surface area contributed by atoms with Crippen LogP contribution in [-0.2, 0) is 10.8 Å². The Kier molecular flexibility index (Phi) is 12.5. The fourth-order valence-corrected chi connectivity index (χ4v) is 12.9. The third-order valence-corrected chi connectivity index (χ3v) is 17.0. The lowest BCUT2D eigenvalue weighted by molar-refractivity contribution is 0.660. The molecule has 0 N–H and O–H groups in total. The molecule has 12 aromatic carbocycles. The van der Waals surface area contributed by atoms with E-state index in [1.807, 2.05) is 0 Å². The summed E-state index contributed by atoms with van der Waals surface area (Å²) < 4.78 is 0. The second-order valence-corrected chi connectivity index (χ2v) is 22.6. The Labute approximate surface area is 482 Å². The fourth-order valence-electron chi connectivity index (χ4n) is 12.9. The van der Waals surface area contributed by atoms with Gasteiger partial charge in [0.05, 0.1) is 0 Å². The normalized spacial score (nSPS) is 13.1. The fraction of sp³-hybridized carbons (Fsp3) is 0.0769. The van der Waals surface area contributed by atoms with Gasteiger partial charge in [0.1, 0.15) is 0 Å². The van der Waals surface area contributed by atoms with Gasteiger partial charge in [-0.15, -0.1) is 0 Å². The average Bonchev–Trinajstić information content (AvgIpc) is 3.98. The number of hydrogen-bond acceptors (Lipinski definition) is 4. The van der Waals surface area contributed by atoms with E-state index in [0.717, 1.165) is 79.4 Å². The van der Waals surface area contributed by atoms with Crippen LogP contribution in [0, 0.1) is 0 Å². The number of para-hydroxylation sites is 4. The summed E-state index contributed by atoms with van der Waals surface area (Å²) in [5, 5.41) is 0. The molecule has 12 aromatic rings. The summed E-state index contributed by atoms with van der Waals surface area (Å²) >= 11 is 0. The summed E-state index contributed by atoms with van der Waals surface area (Å²) in [6, 6.07) is 110. The monoisotopic (exact) mass is 1050 g/mol. The molecule has 0 heterocycles. The van der Waals surface area contributed by atoms with Crippen molar-refractivity contribution < 1.29 is 0 Å². The zero-order chi connectivity index (χ0) is 55.4. The summed E-state index contributed by atoms with van der Waals surface area (Å²) in [6.45, 7) is 9.42. The van der Waals surface area contributed by atoms with Gasteiger partial charge >= 0.3 is 0 Å². The van der Waals surface area contributed by atoms with Gasteiger partial charge in [-0.1, -0.05) is 185 Å². The summed E-state index contributed by atoms with van der Waals surface area (Å²) in [7, 11) is 0. The van der Waals surface area contributed by atoms with Gasteiger partial charge < -0.3 is 19.6 Å². The molecule has 2 aliphatic carbocycles. The van der Waals surface area contributed by atoms with E-state index < -0.39 is 0 Å². The van der Waals surface area contributed by atoms with Crippen LogP contribution in [0.5, 0.6) is 0 Å². The van der Waals surface area contributed by atoms with Crippen LogP contribution in [0.25, 0.3) is 33.4 Å². The standard InChI is InChI=1S/C78H62N4/c1-77(2)73-31-19-17-29-69(73)71-51-49-67(53-75(71)77)81(60-27-15-8-16-28-60)65-45-41-63(42-46-65)80(59-25-13-7-14-26-59)64-43-47-66(48-44-64)82(68-50-52-72-70-30-18-20-32-74(70)78(3,4)76(72)54-68)62-39-35-56(36-40-62)55-33-37-61(38-34-55)79(57-21-9-5-10-22-57)58-23-11-6-12-24-58/h5-54H,1-4H3. The van der Waals surface area contributed by atoms with E-state index in [0.29, 0.717) is 0 Å². The zero-order valence-electron chi connectivity index (χ0n) is 46.7. The molecule has 394 valence electrons. The van der Waals surface area contributed by atoms with Gasteiger partial charge in [-0.25, -0.2) is 0 Å². The molecule has 4 nitrogen and oxygen atoms in total. The third-order valence-electron chi connectivity index (χ3n) is 17.0. The number of fused-ring (bicyclic) bond motifs is 6. The summed E-state index contributed by atoms with van der Waals surface area (Å²) in [5.41, 5.74) is 25.9. The van der Waals surface area contributed by atoms with Crippen LogP contribution in [0.3, 0.4) is 0 Å². The Bertz CT molecular complexity index is 4190. The van der Waals surface area contributed by atoms with Gasteiger partial charge in [-0.2, -0.15) is 0 Å². The minimum Gasteiger partial charge on any atom is -0.311 e. The molecule has 0 bridgehead atoms. The first kappa shape index (κ1) is 50.1.